The van der Waals surface area contributed by atoms with E-state index in [0.717, 1.165) is 5.69 Å². The number of ether oxygens (including phenoxy) is 1. The summed E-state index contributed by atoms with van der Waals surface area (Å²) in [5.74, 6) is 1.80. The van der Waals surface area contributed by atoms with Gasteiger partial charge in [0.2, 0.25) is 5.95 Å². The molecule has 0 radical (unpaired) electrons. The lowest BCUT2D eigenvalue weighted by molar-refractivity contribution is 0.0739. The lowest BCUT2D eigenvalue weighted by atomic mass is 10.2. The zero-order chi connectivity index (χ0) is 20.1. The minimum Gasteiger partial charge on any atom is -0.495 e. The van der Waals surface area contributed by atoms with Crippen LogP contribution < -0.4 is 15.0 Å². The summed E-state index contributed by atoms with van der Waals surface area (Å²) in [5, 5.41) is 11.4. The Labute approximate surface area is 168 Å². The van der Waals surface area contributed by atoms with Crippen LogP contribution in [0.25, 0.3) is 0 Å². The number of para-hydroxylation sites is 2. The number of aromatic nitrogens is 4. The third kappa shape index (κ3) is 4.23. The molecule has 148 valence electrons. The number of carbonyl (C=O) groups is 1. The van der Waals surface area contributed by atoms with Gasteiger partial charge in [0.15, 0.2) is 11.5 Å². The molecule has 29 heavy (non-hydrogen) atoms. The largest absolute Gasteiger partial charge is 0.495 e. The van der Waals surface area contributed by atoms with Crippen molar-refractivity contribution < 1.29 is 9.53 Å². The number of nitrogens with zero attached hydrogens (tertiary/aromatic N) is 6. The van der Waals surface area contributed by atoms with Gasteiger partial charge in [-0.25, -0.2) is 9.97 Å². The summed E-state index contributed by atoms with van der Waals surface area (Å²) >= 11 is 0. The van der Waals surface area contributed by atoms with E-state index in [0.29, 0.717) is 49.4 Å². The molecular formula is C20H21N7O2. The van der Waals surface area contributed by atoms with Gasteiger partial charge in [-0.05, 0) is 30.3 Å². The van der Waals surface area contributed by atoms with E-state index in [1.807, 2.05) is 24.3 Å². The molecule has 1 fully saturated rings. The quantitative estimate of drug-likeness (QED) is 0.705. The molecule has 0 aliphatic carbocycles. The molecule has 0 saturated carbocycles. The molecule has 0 bridgehead atoms. The molecule has 9 nitrogen and oxygen atoms in total. The molecule has 1 aliphatic heterocycles. The first-order valence-electron chi connectivity index (χ1n) is 9.29. The predicted molar refractivity (Wildman–Crippen MR) is 108 cm³/mol. The summed E-state index contributed by atoms with van der Waals surface area (Å²) in [7, 11) is 1.61. The number of hydrogen-bond acceptors (Lipinski definition) is 8. The highest BCUT2D eigenvalue weighted by Crippen LogP contribution is 2.25. The van der Waals surface area contributed by atoms with Crippen LogP contribution in [0.3, 0.4) is 0 Å². The predicted octanol–water partition coefficient (Wildman–Crippen LogP) is 1.98. The van der Waals surface area contributed by atoms with E-state index in [9.17, 15) is 4.79 Å². The monoisotopic (exact) mass is 391 g/mol. The number of hydrogen-bond donors (Lipinski definition) is 1. The van der Waals surface area contributed by atoms with E-state index in [4.69, 9.17) is 4.74 Å². The van der Waals surface area contributed by atoms with Gasteiger partial charge in [0.25, 0.3) is 5.91 Å². The van der Waals surface area contributed by atoms with Crippen LogP contribution in [-0.2, 0) is 0 Å². The Balaban J connectivity index is 1.37. The van der Waals surface area contributed by atoms with Crippen molar-refractivity contribution in [3.05, 3.63) is 60.6 Å². The van der Waals surface area contributed by atoms with E-state index in [1.54, 1.807) is 42.6 Å². The molecule has 0 spiro atoms. The second-order valence-electron chi connectivity index (χ2n) is 6.46. The van der Waals surface area contributed by atoms with Crippen molar-refractivity contribution in [3.63, 3.8) is 0 Å². The van der Waals surface area contributed by atoms with Crippen molar-refractivity contribution in [2.75, 3.05) is 43.5 Å². The maximum Gasteiger partial charge on any atom is 0.274 e. The van der Waals surface area contributed by atoms with Crippen molar-refractivity contribution in [1.82, 2.24) is 25.1 Å². The van der Waals surface area contributed by atoms with E-state index in [2.05, 4.69) is 30.4 Å². The minimum absolute atomic E-state index is 0.130. The van der Waals surface area contributed by atoms with Crippen LogP contribution >= 0.6 is 0 Å². The smallest absolute Gasteiger partial charge is 0.274 e. The average Bonchev–Trinajstić information content (AvgIpc) is 2.80. The Morgan fingerprint density at radius 1 is 0.966 bits per heavy atom. The van der Waals surface area contributed by atoms with Gasteiger partial charge < -0.3 is 19.9 Å². The normalized spacial score (nSPS) is 13.8. The van der Waals surface area contributed by atoms with E-state index in [-0.39, 0.29) is 5.91 Å². The Hall–Kier alpha value is -3.75. The van der Waals surface area contributed by atoms with Gasteiger partial charge in [0, 0.05) is 38.6 Å². The molecule has 1 aromatic carbocycles. The van der Waals surface area contributed by atoms with Crippen molar-refractivity contribution in [1.29, 1.82) is 0 Å². The van der Waals surface area contributed by atoms with Crippen LogP contribution in [0.1, 0.15) is 10.5 Å². The first-order valence-corrected chi connectivity index (χ1v) is 9.29. The topological polar surface area (TPSA) is 96.4 Å². The highest BCUT2D eigenvalue weighted by Gasteiger charge is 2.24. The summed E-state index contributed by atoms with van der Waals surface area (Å²) in [5.41, 5.74) is 1.10. The number of nitrogens with one attached hydrogen (secondary N) is 1. The molecule has 1 N–H and O–H groups in total. The molecule has 0 unspecified atom stereocenters. The van der Waals surface area contributed by atoms with Crippen molar-refractivity contribution in [2.45, 2.75) is 0 Å². The highest BCUT2D eigenvalue weighted by molar-refractivity contribution is 5.92. The van der Waals surface area contributed by atoms with Crippen LogP contribution in [0.4, 0.5) is 17.5 Å². The molecule has 0 atom stereocenters. The number of amides is 1. The van der Waals surface area contributed by atoms with Crippen molar-refractivity contribution in [3.8, 4) is 5.75 Å². The van der Waals surface area contributed by atoms with E-state index >= 15 is 0 Å². The molecule has 4 rings (SSSR count). The maximum atomic E-state index is 12.7. The highest BCUT2D eigenvalue weighted by atomic mass is 16.5. The van der Waals surface area contributed by atoms with Gasteiger partial charge in [-0.2, -0.15) is 0 Å². The third-order valence-electron chi connectivity index (χ3n) is 4.66. The molecular weight excluding hydrogens is 370 g/mol. The fourth-order valence-corrected chi connectivity index (χ4v) is 3.12. The van der Waals surface area contributed by atoms with E-state index < -0.39 is 0 Å². The van der Waals surface area contributed by atoms with Gasteiger partial charge >= 0.3 is 0 Å². The zero-order valence-electron chi connectivity index (χ0n) is 16.0. The summed E-state index contributed by atoms with van der Waals surface area (Å²) in [4.78, 5) is 25.1. The van der Waals surface area contributed by atoms with Gasteiger partial charge in [-0.1, -0.05) is 12.1 Å². The van der Waals surface area contributed by atoms with Crippen molar-refractivity contribution in [2.24, 2.45) is 0 Å². The summed E-state index contributed by atoms with van der Waals surface area (Å²) in [6, 6.07) is 12.7. The number of carbonyl (C=O) groups excluding carboxylic acids is 1. The zero-order valence-corrected chi connectivity index (χ0v) is 16.0. The first-order chi connectivity index (χ1) is 14.2. The third-order valence-corrected chi connectivity index (χ3v) is 4.66. The van der Waals surface area contributed by atoms with Gasteiger partial charge in [-0.3, -0.25) is 4.79 Å². The number of methoxy groups -OCH3 is 1. The first kappa shape index (κ1) is 18.6. The van der Waals surface area contributed by atoms with Gasteiger partial charge in [-0.15, -0.1) is 10.2 Å². The summed E-state index contributed by atoms with van der Waals surface area (Å²) < 4.78 is 5.32. The fourth-order valence-electron chi connectivity index (χ4n) is 3.12. The SMILES string of the molecule is COc1ccccc1Nc1ccc(C(=O)N2CCN(c3ncccn3)CC2)nn1. The lowest BCUT2D eigenvalue weighted by Gasteiger charge is -2.34. The summed E-state index contributed by atoms with van der Waals surface area (Å²) in [6.07, 6.45) is 3.44. The second kappa shape index (κ2) is 8.51. The number of piperazine rings is 1. The molecule has 3 aromatic rings. The number of anilines is 3. The van der Waals surface area contributed by atoms with Crippen LogP contribution in [0.15, 0.2) is 54.9 Å². The second-order valence-corrected chi connectivity index (χ2v) is 6.46. The van der Waals surface area contributed by atoms with Crippen LogP contribution in [0, 0.1) is 0 Å². The Morgan fingerprint density at radius 3 is 2.41 bits per heavy atom. The lowest BCUT2D eigenvalue weighted by Crippen LogP contribution is -2.49. The Morgan fingerprint density at radius 2 is 1.72 bits per heavy atom. The number of rotatable bonds is 5. The van der Waals surface area contributed by atoms with Gasteiger partial charge in [0.05, 0.1) is 12.8 Å². The molecule has 3 heterocycles. The molecule has 2 aromatic heterocycles. The fraction of sp³-hybridized carbons (Fsp3) is 0.250. The van der Waals surface area contributed by atoms with Crippen LogP contribution in [0.5, 0.6) is 5.75 Å². The van der Waals surface area contributed by atoms with Crippen molar-refractivity contribution >= 4 is 23.4 Å². The standard InChI is InChI=1S/C20H21N7O2/c1-29-17-6-3-2-5-15(17)23-18-8-7-16(24-25-18)19(28)26-11-13-27(14-12-26)20-21-9-4-10-22-20/h2-10H,11-14H2,1H3,(H,23,25). The van der Waals surface area contributed by atoms with Crippen LogP contribution in [0.2, 0.25) is 0 Å². The molecule has 1 amide bonds. The Bertz CT molecular complexity index is 958. The molecule has 1 aliphatic rings. The maximum absolute atomic E-state index is 12.7. The van der Waals surface area contributed by atoms with E-state index in [1.165, 1.54) is 0 Å². The molecule has 1 saturated heterocycles. The minimum atomic E-state index is -0.130. The van der Waals surface area contributed by atoms with Gasteiger partial charge in [0.1, 0.15) is 5.75 Å². The van der Waals surface area contributed by atoms with Crippen LogP contribution in [-0.4, -0.2) is 64.3 Å². The molecule has 9 heteroatoms. The number of benzene rings is 1. The Kier molecular flexibility index (Phi) is 5.46. The summed E-state index contributed by atoms with van der Waals surface area (Å²) in [6.45, 7) is 2.52. The average molecular weight is 391 g/mol.